The van der Waals surface area contributed by atoms with Gasteiger partial charge in [-0.25, -0.2) is 9.59 Å². The summed E-state index contributed by atoms with van der Waals surface area (Å²) in [6.45, 7) is 8.89. The monoisotopic (exact) mass is 309 g/mol. The number of rotatable bonds is 2. The molecular formula is C15H23N3O4. The van der Waals surface area contributed by atoms with Crippen LogP contribution in [0.1, 0.15) is 55.9 Å². The minimum Gasteiger partial charge on any atom is -0.476 e. The second kappa shape index (κ2) is 5.98. The van der Waals surface area contributed by atoms with Crippen molar-refractivity contribution in [2.45, 2.75) is 59.2 Å². The van der Waals surface area contributed by atoms with E-state index in [9.17, 15) is 14.7 Å². The molecule has 1 aliphatic heterocycles. The van der Waals surface area contributed by atoms with Gasteiger partial charge in [-0.2, -0.15) is 5.10 Å². The van der Waals surface area contributed by atoms with Gasteiger partial charge < -0.3 is 14.7 Å². The van der Waals surface area contributed by atoms with Crippen LogP contribution >= 0.6 is 0 Å². The van der Waals surface area contributed by atoms with Crippen LogP contribution in [0.5, 0.6) is 0 Å². The van der Waals surface area contributed by atoms with Crippen LogP contribution in [0.4, 0.5) is 4.79 Å². The number of aromatic nitrogens is 2. The van der Waals surface area contributed by atoms with E-state index in [2.05, 4.69) is 5.10 Å². The van der Waals surface area contributed by atoms with Crippen molar-refractivity contribution in [3.05, 3.63) is 17.0 Å². The summed E-state index contributed by atoms with van der Waals surface area (Å²) in [4.78, 5) is 25.2. The summed E-state index contributed by atoms with van der Waals surface area (Å²) in [5.41, 5.74) is 1.03. The Bertz CT molecular complexity index is 586. The zero-order valence-electron chi connectivity index (χ0n) is 13.5. The van der Waals surface area contributed by atoms with Crippen molar-refractivity contribution >= 4 is 12.1 Å². The van der Waals surface area contributed by atoms with Crippen molar-refractivity contribution < 1.29 is 19.4 Å². The molecule has 122 valence electrons. The zero-order valence-corrected chi connectivity index (χ0v) is 13.5. The van der Waals surface area contributed by atoms with Crippen LogP contribution < -0.4 is 0 Å². The van der Waals surface area contributed by atoms with Gasteiger partial charge in [-0.3, -0.25) is 4.68 Å². The van der Waals surface area contributed by atoms with E-state index in [1.54, 1.807) is 9.58 Å². The molecule has 0 spiro atoms. The summed E-state index contributed by atoms with van der Waals surface area (Å²) in [6, 6.07) is 0. The van der Waals surface area contributed by atoms with Crippen molar-refractivity contribution in [3.63, 3.8) is 0 Å². The molecule has 0 aromatic carbocycles. The van der Waals surface area contributed by atoms with Gasteiger partial charge in [0.2, 0.25) is 0 Å². The number of carboxylic acid groups (broad SMARTS) is 1. The molecule has 0 radical (unpaired) electrons. The number of aromatic carboxylic acids is 1. The van der Waals surface area contributed by atoms with Crippen LogP contribution in [0.25, 0.3) is 0 Å². The molecule has 0 bridgehead atoms. The molecule has 1 aromatic heterocycles. The maximum atomic E-state index is 12.3. The third-order valence-corrected chi connectivity index (χ3v) is 3.51. The fourth-order valence-corrected chi connectivity index (χ4v) is 2.59. The van der Waals surface area contributed by atoms with Crippen LogP contribution in [0.3, 0.4) is 0 Å². The molecule has 1 N–H and O–H groups in total. The number of carbonyl (C=O) groups excluding carboxylic acids is 1. The SMILES string of the molecule is CCc1c(C(=O)O)nn2c1CN(C(=O)OC(C)(C)C)CCC2. The second-order valence-corrected chi connectivity index (χ2v) is 6.41. The minimum absolute atomic E-state index is 0.0866. The molecule has 0 saturated carbocycles. The Kier molecular flexibility index (Phi) is 4.44. The Morgan fingerprint density at radius 2 is 2.00 bits per heavy atom. The van der Waals surface area contributed by atoms with Gasteiger partial charge >= 0.3 is 12.1 Å². The normalized spacial score (nSPS) is 15.2. The maximum Gasteiger partial charge on any atom is 0.410 e. The van der Waals surface area contributed by atoms with E-state index in [-0.39, 0.29) is 11.8 Å². The standard InChI is InChI=1S/C15H23N3O4/c1-5-10-11-9-17(14(21)22-15(2,3)4)7-6-8-18(11)16-12(10)13(19)20/h5-9H2,1-4H3,(H,19,20). The molecule has 0 atom stereocenters. The summed E-state index contributed by atoms with van der Waals surface area (Å²) in [6.07, 6.45) is 0.913. The van der Waals surface area contributed by atoms with E-state index in [1.165, 1.54) is 0 Å². The first-order chi connectivity index (χ1) is 10.2. The summed E-state index contributed by atoms with van der Waals surface area (Å²) in [7, 11) is 0. The number of carbonyl (C=O) groups is 2. The third kappa shape index (κ3) is 3.40. The van der Waals surface area contributed by atoms with Gasteiger partial charge in [-0.1, -0.05) is 6.92 Å². The smallest absolute Gasteiger partial charge is 0.410 e. The predicted molar refractivity (Wildman–Crippen MR) is 79.8 cm³/mol. The topological polar surface area (TPSA) is 84.7 Å². The Morgan fingerprint density at radius 3 is 2.55 bits per heavy atom. The summed E-state index contributed by atoms with van der Waals surface area (Å²) in [5, 5.41) is 13.5. The van der Waals surface area contributed by atoms with Crippen LogP contribution in [-0.4, -0.2) is 44.0 Å². The largest absolute Gasteiger partial charge is 0.476 e. The van der Waals surface area contributed by atoms with E-state index in [0.29, 0.717) is 31.6 Å². The molecule has 2 rings (SSSR count). The van der Waals surface area contributed by atoms with Gasteiger partial charge in [0.25, 0.3) is 0 Å². The first-order valence-electron chi connectivity index (χ1n) is 7.52. The summed E-state index contributed by atoms with van der Waals surface area (Å²) >= 11 is 0. The lowest BCUT2D eigenvalue weighted by atomic mass is 10.1. The lowest BCUT2D eigenvalue weighted by molar-refractivity contribution is 0.0236. The maximum absolute atomic E-state index is 12.3. The fourth-order valence-electron chi connectivity index (χ4n) is 2.59. The fraction of sp³-hybridized carbons (Fsp3) is 0.667. The molecule has 22 heavy (non-hydrogen) atoms. The highest BCUT2D eigenvalue weighted by molar-refractivity contribution is 5.87. The number of fused-ring (bicyclic) bond motifs is 1. The average molecular weight is 309 g/mol. The van der Waals surface area contributed by atoms with E-state index in [4.69, 9.17) is 4.74 Å². The molecule has 1 aliphatic rings. The number of ether oxygens (including phenoxy) is 1. The van der Waals surface area contributed by atoms with Crippen molar-refractivity contribution in [3.8, 4) is 0 Å². The highest BCUT2D eigenvalue weighted by atomic mass is 16.6. The predicted octanol–water partition coefficient (Wildman–Crippen LogP) is 2.28. The molecule has 0 saturated heterocycles. The molecule has 0 unspecified atom stereocenters. The minimum atomic E-state index is -1.03. The quantitative estimate of drug-likeness (QED) is 0.906. The van der Waals surface area contributed by atoms with E-state index in [1.807, 2.05) is 27.7 Å². The number of hydrogen-bond acceptors (Lipinski definition) is 4. The van der Waals surface area contributed by atoms with Crippen molar-refractivity contribution in [2.75, 3.05) is 6.54 Å². The zero-order chi connectivity index (χ0) is 16.5. The van der Waals surface area contributed by atoms with Crippen molar-refractivity contribution in [1.82, 2.24) is 14.7 Å². The molecule has 7 nitrogen and oxygen atoms in total. The van der Waals surface area contributed by atoms with Gasteiger partial charge in [0.15, 0.2) is 5.69 Å². The molecular weight excluding hydrogens is 286 g/mol. The summed E-state index contributed by atoms with van der Waals surface area (Å²) in [5.74, 6) is -1.03. The molecule has 2 heterocycles. The number of carboxylic acids is 1. The first-order valence-corrected chi connectivity index (χ1v) is 7.52. The third-order valence-electron chi connectivity index (χ3n) is 3.51. The van der Waals surface area contributed by atoms with Crippen LogP contribution in [0.15, 0.2) is 0 Å². The Hall–Kier alpha value is -2.05. The van der Waals surface area contributed by atoms with Gasteiger partial charge in [0.05, 0.1) is 12.2 Å². The number of hydrogen-bond donors (Lipinski definition) is 1. The number of nitrogens with zero attached hydrogens (tertiary/aromatic N) is 3. The Morgan fingerprint density at radius 1 is 1.32 bits per heavy atom. The summed E-state index contributed by atoms with van der Waals surface area (Å²) < 4.78 is 7.13. The van der Waals surface area contributed by atoms with Gasteiger partial charge in [0, 0.05) is 18.7 Å². The molecule has 1 aromatic rings. The molecule has 0 aliphatic carbocycles. The van der Waals surface area contributed by atoms with Gasteiger partial charge in [-0.15, -0.1) is 0 Å². The Balaban J connectivity index is 2.29. The van der Waals surface area contributed by atoms with Crippen LogP contribution in [0, 0.1) is 0 Å². The number of aryl methyl sites for hydroxylation is 1. The highest BCUT2D eigenvalue weighted by Crippen LogP contribution is 2.22. The molecule has 7 heteroatoms. The lowest BCUT2D eigenvalue weighted by Gasteiger charge is -2.26. The van der Waals surface area contributed by atoms with Crippen LogP contribution in [0.2, 0.25) is 0 Å². The second-order valence-electron chi connectivity index (χ2n) is 6.41. The number of amides is 1. The lowest BCUT2D eigenvalue weighted by Crippen LogP contribution is -2.36. The van der Waals surface area contributed by atoms with Crippen LogP contribution in [-0.2, 0) is 24.2 Å². The van der Waals surface area contributed by atoms with Gasteiger partial charge in [-0.05, 0) is 33.6 Å². The van der Waals surface area contributed by atoms with E-state index >= 15 is 0 Å². The van der Waals surface area contributed by atoms with Crippen molar-refractivity contribution in [1.29, 1.82) is 0 Å². The highest BCUT2D eigenvalue weighted by Gasteiger charge is 2.29. The van der Waals surface area contributed by atoms with Crippen molar-refractivity contribution in [2.24, 2.45) is 0 Å². The Labute approximate surface area is 129 Å². The average Bonchev–Trinajstić information content (AvgIpc) is 2.60. The first kappa shape index (κ1) is 16.3. The van der Waals surface area contributed by atoms with E-state index in [0.717, 1.165) is 12.1 Å². The van der Waals surface area contributed by atoms with E-state index < -0.39 is 11.6 Å². The molecule has 0 fully saturated rings. The molecule has 1 amide bonds. The van der Waals surface area contributed by atoms with Gasteiger partial charge in [0.1, 0.15) is 5.60 Å².